The number of aromatic nitrogens is 2. The van der Waals surface area contributed by atoms with E-state index in [0.717, 1.165) is 12.1 Å². The minimum atomic E-state index is -1.42. The van der Waals surface area contributed by atoms with E-state index >= 15 is 0 Å². The van der Waals surface area contributed by atoms with Gasteiger partial charge in [0.2, 0.25) is 0 Å². The van der Waals surface area contributed by atoms with Crippen molar-refractivity contribution in [3.8, 4) is 11.8 Å². The molecule has 1 aromatic carbocycles. The van der Waals surface area contributed by atoms with Crippen LogP contribution in [0.1, 0.15) is 10.4 Å². The molecule has 2 rings (SSSR count). The van der Waals surface area contributed by atoms with Crippen molar-refractivity contribution in [3.05, 3.63) is 50.7 Å². The molecule has 2 aromatic rings. The van der Waals surface area contributed by atoms with E-state index in [1.165, 1.54) is 18.5 Å². The maximum Gasteiger partial charge on any atom is 0.342 e. The molecule has 0 fully saturated rings. The summed E-state index contributed by atoms with van der Waals surface area (Å²) in [6.07, 6.45) is 2.90. The summed E-state index contributed by atoms with van der Waals surface area (Å²) in [7, 11) is 0. The second-order valence-electron chi connectivity index (χ2n) is 3.53. The van der Waals surface area contributed by atoms with Gasteiger partial charge in [-0.05, 0) is 22.0 Å². The van der Waals surface area contributed by atoms with Gasteiger partial charge in [-0.2, -0.15) is 0 Å². The molecular formula is C11H6BrN3O5. The molecule has 0 amide bonds. The normalized spacial score (nSPS) is 10.1. The van der Waals surface area contributed by atoms with Crippen molar-refractivity contribution < 1.29 is 19.6 Å². The van der Waals surface area contributed by atoms with E-state index in [9.17, 15) is 14.9 Å². The largest absolute Gasteiger partial charge is 0.477 e. The fourth-order valence-electron chi connectivity index (χ4n) is 1.37. The Balaban J connectivity index is 2.34. The first-order chi connectivity index (χ1) is 9.47. The number of halogens is 1. The Morgan fingerprint density at radius 2 is 2.00 bits per heavy atom. The minimum absolute atomic E-state index is 0.00149. The van der Waals surface area contributed by atoms with Crippen LogP contribution < -0.4 is 4.74 Å². The number of hydrogen-bond acceptors (Lipinski definition) is 6. The van der Waals surface area contributed by atoms with Crippen LogP contribution in [0.5, 0.6) is 11.8 Å². The van der Waals surface area contributed by atoms with Crippen LogP contribution in [0.15, 0.2) is 35.1 Å². The van der Waals surface area contributed by atoms with E-state index in [-0.39, 0.29) is 11.8 Å². The van der Waals surface area contributed by atoms with Crippen LogP contribution in [0.4, 0.5) is 5.69 Å². The van der Waals surface area contributed by atoms with Crippen LogP contribution in [0.3, 0.4) is 0 Å². The van der Waals surface area contributed by atoms with Gasteiger partial charge in [-0.3, -0.25) is 10.1 Å². The molecule has 0 aliphatic carbocycles. The zero-order valence-electron chi connectivity index (χ0n) is 9.69. The smallest absolute Gasteiger partial charge is 0.342 e. The molecule has 9 heteroatoms. The number of aromatic carboxylic acids is 1. The summed E-state index contributed by atoms with van der Waals surface area (Å²) in [4.78, 5) is 28.6. The molecule has 0 spiro atoms. The first-order valence-electron chi connectivity index (χ1n) is 5.14. The lowest BCUT2D eigenvalue weighted by atomic mass is 10.2. The highest BCUT2D eigenvalue weighted by molar-refractivity contribution is 9.10. The van der Waals surface area contributed by atoms with Gasteiger partial charge in [0.05, 0.1) is 9.40 Å². The third-order valence-corrected chi connectivity index (χ3v) is 2.61. The van der Waals surface area contributed by atoms with Crippen LogP contribution in [0, 0.1) is 10.1 Å². The van der Waals surface area contributed by atoms with Gasteiger partial charge in [0.25, 0.3) is 5.69 Å². The Labute approximate surface area is 120 Å². The summed E-state index contributed by atoms with van der Waals surface area (Å²) in [6, 6.07) is 3.37. The van der Waals surface area contributed by atoms with Gasteiger partial charge in [0.15, 0.2) is 0 Å². The maximum atomic E-state index is 11.0. The number of nitrogens with zero attached hydrogens (tertiary/aromatic N) is 3. The summed E-state index contributed by atoms with van der Waals surface area (Å²) < 4.78 is 5.88. The average molecular weight is 340 g/mol. The number of nitro groups is 1. The highest BCUT2D eigenvalue weighted by atomic mass is 79.9. The van der Waals surface area contributed by atoms with Crippen molar-refractivity contribution in [2.24, 2.45) is 0 Å². The van der Waals surface area contributed by atoms with Crippen LogP contribution >= 0.6 is 15.9 Å². The molecule has 102 valence electrons. The number of rotatable bonds is 4. The Morgan fingerprint density at radius 1 is 1.35 bits per heavy atom. The van der Waals surface area contributed by atoms with Gasteiger partial charge >= 0.3 is 12.0 Å². The number of carboxylic acids is 1. The Hall–Kier alpha value is -2.55. The topological polar surface area (TPSA) is 115 Å². The van der Waals surface area contributed by atoms with Gasteiger partial charge < -0.3 is 9.84 Å². The SMILES string of the molecule is O=C(O)c1cc(Oc2ncc(Br)cn2)ccc1[N+](=O)[O-]. The molecule has 0 aliphatic rings. The van der Waals surface area contributed by atoms with Crippen molar-refractivity contribution in [1.82, 2.24) is 9.97 Å². The molecular weight excluding hydrogens is 334 g/mol. The predicted molar refractivity (Wildman–Crippen MR) is 69.9 cm³/mol. The number of hydrogen-bond donors (Lipinski definition) is 1. The number of carbonyl (C=O) groups is 1. The van der Waals surface area contributed by atoms with Gasteiger partial charge in [-0.15, -0.1) is 0 Å². The molecule has 0 aliphatic heterocycles. The number of benzene rings is 1. The van der Waals surface area contributed by atoms with Crippen LogP contribution in [0.25, 0.3) is 0 Å². The molecule has 8 nitrogen and oxygen atoms in total. The zero-order valence-corrected chi connectivity index (χ0v) is 11.3. The maximum absolute atomic E-state index is 11.0. The van der Waals surface area contributed by atoms with E-state index in [0.29, 0.717) is 4.47 Å². The summed E-state index contributed by atoms with van der Waals surface area (Å²) in [6.45, 7) is 0. The lowest BCUT2D eigenvalue weighted by molar-refractivity contribution is -0.385. The molecule has 0 unspecified atom stereocenters. The molecule has 1 heterocycles. The lowest BCUT2D eigenvalue weighted by Crippen LogP contribution is -2.03. The standard InChI is InChI=1S/C11H6BrN3O5/c12-6-4-13-11(14-5-6)20-7-1-2-9(15(18)19)8(3-7)10(16)17/h1-5H,(H,16,17). The molecule has 0 saturated heterocycles. The minimum Gasteiger partial charge on any atom is -0.477 e. The van der Waals surface area contributed by atoms with Crippen LogP contribution in [-0.4, -0.2) is 26.0 Å². The van der Waals surface area contributed by atoms with Gasteiger partial charge in [-0.1, -0.05) is 0 Å². The van der Waals surface area contributed by atoms with E-state index in [2.05, 4.69) is 25.9 Å². The van der Waals surface area contributed by atoms with Crippen molar-refractivity contribution in [2.75, 3.05) is 0 Å². The Morgan fingerprint density at radius 3 is 2.55 bits per heavy atom. The quantitative estimate of drug-likeness (QED) is 0.672. The second-order valence-corrected chi connectivity index (χ2v) is 4.44. The molecule has 1 N–H and O–H groups in total. The molecule has 0 radical (unpaired) electrons. The average Bonchev–Trinajstić information content (AvgIpc) is 2.41. The third kappa shape index (κ3) is 3.06. The zero-order chi connectivity index (χ0) is 14.7. The lowest BCUT2D eigenvalue weighted by Gasteiger charge is -2.04. The number of ether oxygens (including phenoxy) is 1. The summed E-state index contributed by atoms with van der Waals surface area (Å²) in [5.74, 6) is -1.32. The van der Waals surface area contributed by atoms with Crippen LogP contribution in [0.2, 0.25) is 0 Å². The van der Waals surface area contributed by atoms with Gasteiger partial charge in [-0.25, -0.2) is 14.8 Å². The van der Waals surface area contributed by atoms with Gasteiger partial charge in [0, 0.05) is 24.5 Å². The summed E-state index contributed by atoms with van der Waals surface area (Å²) in [5.41, 5.74) is -0.980. The van der Waals surface area contributed by atoms with Crippen molar-refractivity contribution in [2.45, 2.75) is 0 Å². The van der Waals surface area contributed by atoms with Crippen molar-refractivity contribution >= 4 is 27.6 Å². The highest BCUT2D eigenvalue weighted by Gasteiger charge is 2.20. The molecule has 0 saturated carbocycles. The summed E-state index contributed by atoms with van der Waals surface area (Å²) >= 11 is 3.15. The first kappa shape index (κ1) is 13.9. The van der Waals surface area contributed by atoms with E-state index in [4.69, 9.17) is 9.84 Å². The molecule has 1 aromatic heterocycles. The van der Waals surface area contributed by atoms with Crippen LogP contribution in [-0.2, 0) is 0 Å². The van der Waals surface area contributed by atoms with E-state index in [1.54, 1.807) is 0 Å². The molecule has 20 heavy (non-hydrogen) atoms. The highest BCUT2D eigenvalue weighted by Crippen LogP contribution is 2.26. The fraction of sp³-hybridized carbons (Fsp3) is 0. The van der Waals surface area contributed by atoms with Gasteiger partial charge in [0.1, 0.15) is 11.3 Å². The monoisotopic (exact) mass is 339 g/mol. The molecule has 0 bridgehead atoms. The molecule has 0 atom stereocenters. The third-order valence-electron chi connectivity index (χ3n) is 2.20. The first-order valence-corrected chi connectivity index (χ1v) is 5.94. The van der Waals surface area contributed by atoms with E-state index < -0.39 is 22.1 Å². The van der Waals surface area contributed by atoms with Crippen molar-refractivity contribution in [3.63, 3.8) is 0 Å². The Kier molecular flexibility index (Phi) is 3.89. The van der Waals surface area contributed by atoms with E-state index in [1.807, 2.05) is 0 Å². The number of carboxylic acid groups (broad SMARTS) is 1. The summed E-state index contributed by atoms with van der Waals surface area (Å²) in [5, 5.41) is 19.6. The predicted octanol–water partition coefficient (Wildman–Crippen LogP) is 2.64. The Bertz CT molecular complexity index is 674. The van der Waals surface area contributed by atoms with Crippen molar-refractivity contribution in [1.29, 1.82) is 0 Å². The number of nitro benzene ring substituents is 1. The second kappa shape index (κ2) is 5.61. The fourth-order valence-corrected chi connectivity index (χ4v) is 1.57.